The minimum Gasteiger partial charge on any atom is -0.390 e. The van der Waals surface area contributed by atoms with E-state index in [-0.39, 0.29) is 0 Å². The fraction of sp³-hybridized carbons (Fsp3) is 0.429. The molecule has 2 aromatic carbocycles. The molecule has 0 fully saturated rings. The number of benzene rings is 2. The first kappa shape index (κ1) is 19.9. The van der Waals surface area contributed by atoms with Crippen LogP contribution in [-0.4, -0.2) is 24.2 Å². The summed E-state index contributed by atoms with van der Waals surface area (Å²) in [5.74, 6) is -0.737. The molecule has 4 heteroatoms. The lowest BCUT2D eigenvalue weighted by Gasteiger charge is -2.31. The van der Waals surface area contributed by atoms with Crippen LogP contribution in [0.25, 0.3) is 0 Å². The van der Waals surface area contributed by atoms with E-state index in [4.69, 9.17) is 4.74 Å². The first-order chi connectivity index (χ1) is 12.1. The van der Waals surface area contributed by atoms with E-state index < -0.39 is 19.1 Å². The molecule has 0 spiro atoms. The fourth-order valence-corrected chi connectivity index (χ4v) is 6.26. The van der Waals surface area contributed by atoms with Crippen LogP contribution in [0.5, 0.6) is 0 Å². The van der Waals surface area contributed by atoms with Gasteiger partial charge >= 0.3 is 0 Å². The summed E-state index contributed by atoms with van der Waals surface area (Å²) < 4.78 is 19.8. The predicted octanol–water partition coefficient (Wildman–Crippen LogP) is 4.30. The van der Waals surface area contributed by atoms with Gasteiger partial charge in [0.15, 0.2) is 7.14 Å². The first-order valence-corrected chi connectivity index (χ1v) is 10.8. The Bertz CT molecular complexity index is 614. The number of aliphatic hydroxyl groups is 1. The lowest BCUT2D eigenvalue weighted by molar-refractivity contribution is 0.0300. The van der Waals surface area contributed by atoms with E-state index in [1.54, 1.807) is 7.11 Å². The molecule has 2 rings (SSSR count). The van der Waals surface area contributed by atoms with Crippen molar-refractivity contribution in [3.63, 3.8) is 0 Å². The van der Waals surface area contributed by atoms with Gasteiger partial charge in [0.25, 0.3) is 0 Å². The van der Waals surface area contributed by atoms with Crippen LogP contribution in [0.3, 0.4) is 0 Å². The van der Waals surface area contributed by atoms with Crippen LogP contribution in [0.15, 0.2) is 60.7 Å². The number of aliphatic hydroxyl groups excluding tert-OH is 1. The zero-order valence-corrected chi connectivity index (χ0v) is 16.1. The summed E-state index contributed by atoms with van der Waals surface area (Å²) in [5.41, 5.74) is 0. The second-order valence-corrected chi connectivity index (χ2v) is 9.23. The highest BCUT2D eigenvalue weighted by Gasteiger charge is 2.41. The third-order valence-corrected chi connectivity index (χ3v) is 7.96. The molecule has 1 N–H and O–H groups in total. The summed E-state index contributed by atoms with van der Waals surface area (Å²) in [4.78, 5) is 0. The highest BCUT2D eigenvalue weighted by Crippen LogP contribution is 2.50. The number of hydrogen-bond donors (Lipinski definition) is 1. The second kappa shape index (κ2) is 9.91. The molecule has 0 saturated carbocycles. The van der Waals surface area contributed by atoms with Gasteiger partial charge in [-0.15, -0.1) is 0 Å². The Morgan fingerprint density at radius 1 is 0.920 bits per heavy atom. The molecule has 0 unspecified atom stereocenters. The molecule has 0 bridgehead atoms. The Morgan fingerprint density at radius 2 is 1.44 bits per heavy atom. The predicted molar refractivity (Wildman–Crippen MR) is 105 cm³/mol. The summed E-state index contributed by atoms with van der Waals surface area (Å²) in [6.45, 7) is 2.16. The molecule has 2 atom stereocenters. The van der Waals surface area contributed by atoms with Gasteiger partial charge in [0, 0.05) is 17.7 Å². The largest absolute Gasteiger partial charge is 0.390 e. The molecule has 3 nitrogen and oxygen atoms in total. The first-order valence-electron chi connectivity index (χ1n) is 9.06. The Labute approximate surface area is 151 Å². The lowest BCUT2D eigenvalue weighted by Crippen LogP contribution is -2.36. The fourth-order valence-electron chi connectivity index (χ4n) is 3.21. The minimum absolute atomic E-state index is 0.599. The Balaban J connectivity index is 2.35. The number of methoxy groups -OCH3 is 1. The van der Waals surface area contributed by atoms with E-state index in [0.29, 0.717) is 6.42 Å². The van der Waals surface area contributed by atoms with Crippen molar-refractivity contribution >= 4 is 17.8 Å². The van der Waals surface area contributed by atoms with Gasteiger partial charge in [0.2, 0.25) is 0 Å². The number of ether oxygens (including phenoxy) is 1. The van der Waals surface area contributed by atoms with E-state index >= 15 is 0 Å². The molecular weight excluding hydrogens is 331 g/mol. The SMILES string of the molecule is CCCCCC[C@@H](O)[C@H](OC)P(=O)(c1ccccc1)c1ccccc1. The summed E-state index contributed by atoms with van der Waals surface area (Å²) >= 11 is 0. The molecule has 25 heavy (non-hydrogen) atoms. The molecule has 0 amide bonds. The Hall–Kier alpha value is -1.41. The maximum absolute atomic E-state index is 14.2. The van der Waals surface area contributed by atoms with Crippen molar-refractivity contribution in [3.05, 3.63) is 60.7 Å². The molecule has 0 aliphatic heterocycles. The van der Waals surface area contributed by atoms with Crippen molar-refractivity contribution in [1.29, 1.82) is 0 Å². The molecule has 0 radical (unpaired) electrons. The minimum atomic E-state index is -3.12. The molecule has 0 saturated heterocycles. The van der Waals surface area contributed by atoms with E-state index in [2.05, 4.69) is 6.92 Å². The van der Waals surface area contributed by atoms with Gasteiger partial charge in [-0.2, -0.15) is 0 Å². The van der Waals surface area contributed by atoms with Gasteiger partial charge in [0.1, 0.15) is 5.85 Å². The average molecular weight is 360 g/mol. The lowest BCUT2D eigenvalue weighted by atomic mass is 10.1. The standard InChI is InChI=1S/C21H29O3P/c1-3-4-5-12-17-20(22)21(24-2)25(23,18-13-8-6-9-14-18)19-15-10-7-11-16-19/h6-11,13-16,20-22H,3-5,12,17H2,1-2H3/t20-,21-/m1/s1. The second-order valence-electron chi connectivity index (χ2n) is 6.37. The monoisotopic (exact) mass is 360 g/mol. The Kier molecular flexibility index (Phi) is 7.90. The van der Waals surface area contributed by atoms with Crippen molar-refractivity contribution in [2.24, 2.45) is 0 Å². The van der Waals surface area contributed by atoms with Crippen LogP contribution in [-0.2, 0) is 9.30 Å². The average Bonchev–Trinajstić information content (AvgIpc) is 2.67. The summed E-state index contributed by atoms with van der Waals surface area (Å²) in [6.07, 6.45) is 4.13. The van der Waals surface area contributed by atoms with Gasteiger partial charge in [-0.25, -0.2) is 0 Å². The molecule has 0 aliphatic carbocycles. The van der Waals surface area contributed by atoms with E-state index in [0.717, 1.165) is 36.3 Å². The van der Waals surface area contributed by atoms with Crippen LogP contribution in [0.1, 0.15) is 39.0 Å². The van der Waals surface area contributed by atoms with Crippen molar-refractivity contribution < 1.29 is 14.4 Å². The molecule has 0 aromatic heterocycles. The number of rotatable bonds is 10. The third-order valence-electron chi connectivity index (χ3n) is 4.56. The topological polar surface area (TPSA) is 46.5 Å². The quantitative estimate of drug-likeness (QED) is 0.507. The molecule has 0 heterocycles. The van der Waals surface area contributed by atoms with Gasteiger partial charge in [-0.1, -0.05) is 93.3 Å². The van der Waals surface area contributed by atoms with Gasteiger partial charge in [-0.3, -0.25) is 0 Å². The molecular formula is C21H29O3P. The normalized spacial score (nSPS) is 14.2. The molecule has 2 aromatic rings. The van der Waals surface area contributed by atoms with Crippen molar-refractivity contribution in [2.75, 3.05) is 7.11 Å². The summed E-state index contributed by atoms with van der Waals surface area (Å²) in [6, 6.07) is 18.8. The zero-order chi connectivity index (χ0) is 18.1. The highest BCUT2D eigenvalue weighted by molar-refractivity contribution is 7.79. The summed E-state index contributed by atoms with van der Waals surface area (Å²) in [7, 11) is -1.58. The van der Waals surface area contributed by atoms with Crippen LogP contribution in [0.4, 0.5) is 0 Å². The number of hydrogen-bond acceptors (Lipinski definition) is 3. The maximum atomic E-state index is 14.2. The van der Waals surface area contributed by atoms with Gasteiger partial charge in [0.05, 0.1) is 6.10 Å². The van der Waals surface area contributed by atoms with E-state index in [1.165, 1.54) is 0 Å². The number of unbranched alkanes of at least 4 members (excludes halogenated alkanes) is 3. The highest BCUT2D eigenvalue weighted by atomic mass is 31.2. The summed E-state index contributed by atoms with van der Waals surface area (Å²) in [5, 5.41) is 12.2. The van der Waals surface area contributed by atoms with Crippen molar-refractivity contribution in [1.82, 2.24) is 0 Å². The van der Waals surface area contributed by atoms with E-state index in [9.17, 15) is 9.67 Å². The smallest absolute Gasteiger partial charge is 0.173 e. The third kappa shape index (κ3) is 4.82. The van der Waals surface area contributed by atoms with Crippen molar-refractivity contribution in [3.8, 4) is 0 Å². The van der Waals surface area contributed by atoms with Gasteiger partial charge in [-0.05, 0) is 6.42 Å². The van der Waals surface area contributed by atoms with Crippen LogP contribution >= 0.6 is 7.14 Å². The van der Waals surface area contributed by atoms with Crippen LogP contribution < -0.4 is 10.6 Å². The van der Waals surface area contributed by atoms with Crippen molar-refractivity contribution in [2.45, 2.75) is 51.0 Å². The van der Waals surface area contributed by atoms with E-state index in [1.807, 2.05) is 60.7 Å². The van der Waals surface area contributed by atoms with Gasteiger partial charge < -0.3 is 14.4 Å². The molecule has 0 aliphatic rings. The van der Waals surface area contributed by atoms with Crippen LogP contribution in [0, 0.1) is 0 Å². The maximum Gasteiger partial charge on any atom is 0.173 e. The Morgan fingerprint density at radius 3 is 1.88 bits per heavy atom. The van der Waals surface area contributed by atoms with Crippen LogP contribution in [0.2, 0.25) is 0 Å². The zero-order valence-electron chi connectivity index (χ0n) is 15.2. The molecule has 136 valence electrons.